The summed E-state index contributed by atoms with van der Waals surface area (Å²) >= 11 is 0. The second kappa shape index (κ2) is 19.4. The molecule has 0 aliphatic heterocycles. The van der Waals surface area contributed by atoms with Gasteiger partial charge < -0.3 is 18.9 Å². The fraction of sp³-hybridized carbons (Fsp3) is 0.571. The Hall–Kier alpha value is -3.92. The highest BCUT2D eigenvalue weighted by molar-refractivity contribution is 5.61. The summed E-state index contributed by atoms with van der Waals surface area (Å²) in [7, 11) is 0. The van der Waals surface area contributed by atoms with Gasteiger partial charge in [-0.15, -0.1) is 0 Å². The van der Waals surface area contributed by atoms with Gasteiger partial charge in [0.1, 0.15) is 23.0 Å². The fourth-order valence-electron chi connectivity index (χ4n) is 8.55. The van der Waals surface area contributed by atoms with E-state index in [1.807, 2.05) is 0 Å². The normalized spacial score (nSPS) is 13.4. The molecule has 0 saturated heterocycles. The third-order valence-corrected chi connectivity index (χ3v) is 12.0. The van der Waals surface area contributed by atoms with E-state index in [2.05, 4.69) is 153 Å². The molecule has 0 spiro atoms. The highest BCUT2D eigenvalue weighted by atomic mass is 16.5. The van der Waals surface area contributed by atoms with Crippen LogP contribution >= 0.6 is 0 Å². The van der Waals surface area contributed by atoms with Crippen molar-refractivity contribution in [2.45, 2.75) is 184 Å². The van der Waals surface area contributed by atoms with Crippen molar-refractivity contribution >= 4 is 0 Å². The molecule has 0 unspecified atom stereocenters. The van der Waals surface area contributed by atoms with Crippen LogP contribution in [-0.4, -0.2) is 26.4 Å². The smallest absolute Gasteiger partial charge is 0.126 e. The highest BCUT2D eigenvalue weighted by Gasteiger charge is 2.29. The molecule has 328 valence electrons. The van der Waals surface area contributed by atoms with Gasteiger partial charge in [-0.2, -0.15) is 0 Å². The molecule has 0 N–H and O–H groups in total. The van der Waals surface area contributed by atoms with Crippen LogP contribution in [0.2, 0.25) is 0 Å². The van der Waals surface area contributed by atoms with Crippen LogP contribution in [0, 0.1) is 6.92 Å². The van der Waals surface area contributed by atoms with Crippen molar-refractivity contribution in [1.29, 1.82) is 0 Å². The average molecular weight is 817 g/mol. The predicted molar refractivity (Wildman–Crippen MR) is 255 cm³/mol. The first-order valence-corrected chi connectivity index (χ1v) is 23.4. The molecule has 0 saturated carbocycles. The van der Waals surface area contributed by atoms with Crippen molar-refractivity contribution in [1.82, 2.24) is 0 Å². The van der Waals surface area contributed by atoms with E-state index in [1.165, 1.54) is 72.3 Å². The molecule has 0 fully saturated rings. The summed E-state index contributed by atoms with van der Waals surface area (Å²) in [4.78, 5) is 0. The summed E-state index contributed by atoms with van der Waals surface area (Å²) in [5.74, 6) is 4.38. The van der Waals surface area contributed by atoms with E-state index >= 15 is 0 Å². The van der Waals surface area contributed by atoms with Gasteiger partial charge in [-0.1, -0.05) is 146 Å². The van der Waals surface area contributed by atoms with Gasteiger partial charge in [0.25, 0.3) is 0 Å². The van der Waals surface area contributed by atoms with E-state index < -0.39 is 0 Å². The Kier molecular flexibility index (Phi) is 15.3. The van der Waals surface area contributed by atoms with Crippen LogP contribution in [0.15, 0.2) is 42.5 Å². The fourth-order valence-corrected chi connectivity index (χ4v) is 8.55. The maximum absolute atomic E-state index is 6.99. The summed E-state index contributed by atoms with van der Waals surface area (Å²) in [6.07, 6.45) is 6.56. The molecule has 1 aliphatic carbocycles. The molecule has 1 aliphatic rings. The Balaban J connectivity index is 2.03. The lowest BCUT2D eigenvalue weighted by atomic mass is 9.79. The topological polar surface area (TPSA) is 36.9 Å². The number of hydrogen-bond donors (Lipinski definition) is 0. The van der Waals surface area contributed by atoms with Gasteiger partial charge in [0.2, 0.25) is 0 Å². The van der Waals surface area contributed by atoms with Crippen LogP contribution < -0.4 is 18.9 Å². The molecule has 0 amide bonds. The van der Waals surface area contributed by atoms with Gasteiger partial charge in [-0.05, 0) is 122 Å². The van der Waals surface area contributed by atoms with Gasteiger partial charge >= 0.3 is 0 Å². The lowest BCUT2D eigenvalue weighted by Crippen LogP contribution is -2.17. The highest BCUT2D eigenvalue weighted by Crippen LogP contribution is 2.45. The van der Waals surface area contributed by atoms with Gasteiger partial charge in [0.15, 0.2) is 0 Å². The number of hydrogen-bond acceptors (Lipinski definition) is 4. The molecule has 0 heterocycles. The first-order valence-electron chi connectivity index (χ1n) is 23.4. The van der Waals surface area contributed by atoms with Crippen LogP contribution in [0.4, 0.5) is 0 Å². The lowest BCUT2D eigenvalue weighted by Gasteiger charge is -2.29. The minimum absolute atomic E-state index is 0.0704. The molecule has 60 heavy (non-hydrogen) atoms. The Labute approximate surface area is 366 Å². The summed E-state index contributed by atoms with van der Waals surface area (Å²) in [5, 5.41) is 0. The number of rotatable bonds is 13. The molecule has 4 aromatic carbocycles. The molecular weight excluding hydrogens is 737 g/mol. The monoisotopic (exact) mass is 817 g/mol. The third-order valence-electron chi connectivity index (χ3n) is 12.0. The Bertz CT molecular complexity index is 2100. The molecule has 5 rings (SSSR count). The molecule has 4 heteroatoms. The molecule has 4 aromatic rings. The number of benzene rings is 4. The second-order valence-electron chi connectivity index (χ2n) is 20.9. The minimum atomic E-state index is -0.0726. The second-order valence-corrected chi connectivity index (χ2v) is 20.9. The van der Waals surface area contributed by atoms with Gasteiger partial charge in [-0.3, -0.25) is 0 Å². The maximum atomic E-state index is 6.99. The van der Waals surface area contributed by atoms with E-state index in [9.17, 15) is 0 Å². The molecule has 8 bridgehead atoms. The minimum Gasteiger partial charge on any atom is -0.493 e. The van der Waals surface area contributed by atoms with Gasteiger partial charge in [-0.25, -0.2) is 0 Å². The molecular formula is C56H80O4. The predicted octanol–water partition coefficient (Wildman–Crippen LogP) is 14.8. The van der Waals surface area contributed by atoms with E-state index in [-0.39, 0.29) is 16.2 Å². The van der Waals surface area contributed by atoms with Crippen LogP contribution in [0.1, 0.15) is 208 Å². The van der Waals surface area contributed by atoms with Gasteiger partial charge in [0.05, 0.1) is 26.4 Å². The van der Waals surface area contributed by atoms with Crippen LogP contribution in [0.3, 0.4) is 0 Å². The van der Waals surface area contributed by atoms with Crippen molar-refractivity contribution in [3.8, 4) is 23.0 Å². The zero-order valence-electron chi connectivity index (χ0n) is 40.7. The zero-order chi connectivity index (χ0) is 44.2. The van der Waals surface area contributed by atoms with Crippen LogP contribution in [-0.2, 0) is 41.9 Å². The van der Waals surface area contributed by atoms with Crippen molar-refractivity contribution in [2.24, 2.45) is 0 Å². The standard InChI is InChI=1S/C56H80O4/c1-17-21-57-50-38-25-39-29-46(55(11,12)13)32-42(51(39)58-22-18-2)27-43-34-48(36(5)6)37(7)49(53(43)60-24-20-4)35-44-33-47(56(14,15)16)31-41(52(44)59-23-19-3)26-40(50)30-45(28-38)54(8,9)10/h28-34,36H,17-27,35H2,1-16H3. The molecule has 0 aromatic heterocycles. The number of fused-ring (bicyclic) bond motifs is 8. The number of ether oxygens (including phenoxy) is 4. The zero-order valence-corrected chi connectivity index (χ0v) is 40.7. The van der Waals surface area contributed by atoms with E-state index in [0.29, 0.717) is 58.0 Å². The Morgan fingerprint density at radius 3 is 0.950 bits per heavy atom. The Morgan fingerprint density at radius 2 is 0.683 bits per heavy atom. The quantitative estimate of drug-likeness (QED) is 0.119. The Morgan fingerprint density at radius 1 is 0.417 bits per heavy atom. The summed E-state index contributed by atoms with van der Waals surface area (Å²) in [5.41, 5.74) is 16.2. The van der Waals surface area contributed by atoms with E-state index in [0.717, 1.165) is 48.7 Å². The van der Waals surface area contributed by atoms with E-state index in [1.54, 1.807) is 0 Å². The van der Waals surface area contributed by atoms with Crippen molar-refractivity contribution in [3.63, 3.8) is 0 Å². The summed E-state index contributed by atoms with van der Waals surface area (Å²) in [6, 6.07) is 17.0. The summed E-state index contributed by atoms with van der Waals surface area (Å²) < 4.78 is 27.9. The van der Waals surface area contributed by atoms with Crippen LogP contribution in [0.25, 0.3) is 0 Å². The maximum Gasteiger partial charge on any atom is 0.126 e. The lowest BCUT2D eigenvalue weighted by molar-refractivity contribution is 0.304. The summed E-state index contributed by atoms with van der Waals surface area (Å²) in [6.45, 7) is 39.4. The molecule has 0 radical (unpaired) electrons. The average Bonchev–Trinajstić information content (AvgIpc) is 3.15. The first-order chi connectivity index (χ1) is 28.2. The van der Waals surface area contributed by atoms with Crippen molar-refractivity contribution in [2.75, 3.05) is 26.4 Å². The first kappa shape index (κ1) is 47.1. The van der Waals surface area contributed by atoms with Crippen molar-refractivity contribution in [3.05, 3.63) is 115 Å². The molecule has 4 nitrogen and oxygen atoms in total. The van der Waals surface area contributed by atoms with E-state index in [4.69, 9.17) is 18.9 Å². The third kappa shape index (κ3) is 10.9. The largest absolute Gasteiger partial charge is 0.493 e. The SMILES string of the molecule is CCCOc1c2cc(C(C)(C)C)cc1Cc1cc(C(C)(C)C)cc(c1OCCC)Cc1c(C)c(C(C)C)cc(c1OCCC)Cc1cc(C(C)(C)C)cc(c1OCCC)C2. The van der Waals surface area contributed by atoms with Gasteiger partial charge in [0, 0.05) is 31.2 Å². The molecule has 0 atom stereocenters. The van der Waals surface area contributed by atoms with Crippen LogP contribution in [0.5, 0.6) is 23.0 Å². The van der Waals surface area contributed by atoms with Crippen molar-refractivity contribution < 1.29 is 18.9 Å².